The summed E-state index contributed by atoms with van der Waals surface area (Å²) in [6, 6.07) is 0. The Morgan fingerprint density at radius 1 is 0.629 bits per heavy atom. The summed E-state index contributed by atoms with van der Waals surface area (Å²) in [5, 5.41) is 30.7. The van der Waals surface area contributed by atoms with Gasteiger partial charge in [0.05, 0.1) is 19.8 Å². The summed E-state index contributed by atoms with van der Waals surface area (Å²) in [4.78, 5) is 12.8. The minimum absolute atomic E-state index is 0.00417. The molecule has 62 heavy (non-hydrogen) atoms. The molecule has 6 atom stereocenters. The van der Waals surface area contributed by atoms with Crippen LogP contribution in [0.25, 0.3) is 0 Å². The fourth-order valence-corrected chi connectivity index (χ4v) is 7.32. The molecule has 0 saturated carbocycles. The van der Waals surface area contributed by atoms with Crippen molar-refractivity contribution in [1.29, 1.82) is 0 Å². The van der Waals surface area contributed by atoms with Crippen LogP contribution in [-0.4, -0.2) is 97.5 Å². The van der Waals surface area contributed by atoms with Gasteiger partial charge in [-0.05, 0) is 51.4 Å². The van der Waals surface area contributed by atoms with Crippen molar-refractivity contribution in [3.8, 4) is 0 Å². The van der Waals surface area contributed by atoms with Crippen molar-refractivity contribution >= 4 is 16.4 Å². The quantitative estimate of drug-likeness (QED) is 0.0198. The van der Waals surface area contributed by atoms with Gasteiger partial charge >= 0.3 is 16.4 Å². The lowest BCUT2D eigenvalue weighted by Gasteiger charge is -2.41. The van der Waals surface area contributed by atoms with Crippen molar-refractivity contribution < 1.29 is 56.2 Å². The lowest BCUT2D eigenvalue weighted by Crippen LogP contribution is -2.60. The second kappa shape index (κ2) is 40.1. The predicted octanol–water partition coefficient (Wildman–Crippen LogP) is 10.3. The first-order valence-corrected chi connectivity index (χ1v) is 25.1. The van der Waals surface area contributed by atoms with Crippen LogP contribution in [-0.2, 0) is 38.3 Å². The van der Waals surface area contributed by atoms with Crippen LogP contribution in [0.4, 0.5) is 0 Å². The van der Waals surface area contributed by atoms with E-state index in [9.17, 15) is 28.5 Å². The van der Waals surface area contributed by atoms with E-state index in [2.05, 4.69) is 78.8 Å². The van der Waals surface area contributed by atoms with Crippen LogP contribution in [0.3, 0.4) is 0 Å². The van der Waals surface area contributed by atoms with Gasteiger partial charge < -0.3 is 34.3 Å². The third-order valence-electron chi connectivity index (χ3n) is 10.4. The largest absolute Gasteiger partial charge is 0.457 e. The summed E-state index contributed by atoms with van der Waals surface area (Å²) in [6.07, 6.45) is 42.3. The molecule has 12 nitrogen and oxygen atoms in total. The average molecular weight is 897 g/mol. The average Bonchev–Trinajstić information content (AvgIpc) is 3.24. The molecule has 1 fully saturated rings. The minimum atomic E-state index is -5.07. The number of hydrogen-bond donors (Lipinski definition) is 4. The molecular weight excluding hydrogens is 813 g/mol. The SMILES string of the molecule is CC/C=C\C/C=C\C/C=C\C/C=C\C/C=C\C/C=C\CCC(=O)OC(COCCCCCCCCCCCCCCCCCC)COC1OC(CO)C(O)C(OS(=O)(=O)O)C1O. The monoisotopic (exact) mass is 897 g/mol. The Bertz CT molecular complexity index is 1360. The van der Waals surface area contributed by atoms with E-state index in [0.717, 1.165) is 57.8 Å². The van der Waals surface area contributed by atoms with Gasteiger partial charge in [-0.3, -0.25) is 9.35 Å². The Kier molecular flexibility index (Phi) is 37.2. The smallest absolute Gasteiger partial charge is 0.397 e. The molecule has 1 heterocycles. The van der Waals surface area contributed by atoms with Crippen LogP contribution < -0.4 is 0 Å². The zero-order valence-electron chi connectivity index (χ0n) is 38.2. The molecule has 0 aromatic carbocycles. The van der Waals surface area contributed by atoms with Crippen LogP contribution in [0.5, 0.6) is 0 Å². The number of unbranched alkanes of at least 4 members (excludes halogenated alkanes) is 15. The summed E-state index contributed by atoms with van der Waals surface area (Å²) in [5.74, 6) is -0.481. The maximum atomic E-state index is 12.8. The first-order chi connectivity index (χ1) is 30.1. The zero-order chi connectivity index (χ0) is 45.4. The normalized spacial score (nSPS) is 20.6. The molecule has 0 aromatic rings. The molecule has 1 aliphatic heterocycles. The van der Waals surface area contributed by atoms with Crippen molar-refractivity contribution in [3.05, 3.63) is 72.9 Å². The van der Waals surface area contributed by atoms with Gasteiger partial charge in [0.1, 0.15) is 30.5 Å². The fraction of sp³-hybridized carbons (Fsp3) is 0.735. The van der Waals surface area contributed by atoms with E-state index in [4.69, 9.17) is 23.5 Å². The van der Waals surface area contributed by atoms with Crippen LogP contribution in [0.1, 0.15) is 168 Å². The highest BCUT2D eigenvalue weighted by atomic mass is 32.3. The lowest BCUT2D eigenvalue weighted by molar-refractivity contribution is -0.301. The molecule has 1 rings (SSSR count). The highest BCUT2D eigenvalue weighted by molar-refractivity contribution is 7.80. The Balaban J connectivity index is 2.47. The molecule has 0 bridgehead atoms. The van der Waals surface area contributed by atoms with Gasteiger partial charge in [0.15, 0.2) is 6.29 Å². The van der Waals surface area contributed by atoms with Gasteiger partial charge in [0.25, 0.3) is 0 Å². The number of rotatable bonds is 40. The van der Waals surface area contributed by atoms with E-state index in [-0.39, 0.29) is 19.6 Å². The Hall–Kier alpha value is -2.46. The van der Waals surface area contributed by atoms with E-state index < -0.39 is 59.8 Å². The van der Waals surface area contributed by atoms with Gasteiger partial charge in [-0.15, -0.1) is 0 Å². The number of esters is 1. The van der Waals surface area contributed by atoms with Crippen LogP contribution in [0, 0.1) is 0 Å². The summed E-state index contributed by atoms with van der Waals surface area (Å²) in [5.41, 5.74) is 0. The predicted molar refractivity (Wildman–Crippen MR) is 248 cm³/mol. The zero-order valence-corrected chi connectivity index (χ0v) is 39.0. The number of hydrogen-bond acceptors (Lipinski definition) is 11. The molecule has 1 saturated heterocycles. The third kappa shape index (κ3) is 33.1. The molecule has 4 N–H and O–H groups in total. The number of carbonyl (C=O) groups excluding carboxylic acids is 1. The van der Waals surface area contributed by atoms with Crippen molar-refractivity contribution in [2.24, 2.45) is 0 Å². The van der Waals surface area contributed by atoms with E-state index in [1.807, 2.05) is 12.2 Å². The summed E-state index contributed by atoms with van der Waals surface area (Å²) in [6.45, 7) is 3.79. The van der Waals surface area contributed by atoms with E-state index in [1.165, 1.54) is 83.5 Å². The van der Waals surface area contributed by atoms with E-state index >= 15 is 0 Å². The van der Waals surface area contributed by atoms with Gasteiger partial charge in [-0.2, -0.15) is 8.42 Å². The lowest BCUT2D eigenvalue weighted by atomic mass is 9.99. The van der Waals surface area contributed by atoms with E-state index in [0.29, 0.717) is 13.0 Å². The van der Waals surface area contributed by atoms with Crippen molar-refractivity contribution in [1.82, 2.24) is 0 Å². The first-order valence-electron chi connectivity index (χ1n) is 23.7. The number of aliphatic hydroxyl groups excluding tert-OH is 3. The van der Waals surface area contributed by atoms with Crippen LogP contribution in [0.15, 0.2) is 72.9 Å². The maximum Gasteiger partial charge on any atom is 0.397 e. The fourth-order valence-electron chi connectivity index (χ4n) is 6.82. The number of allylic oxidation sites excluding steroid dienone is 12. The number of ether oxygens (including phenoxy) is 4. The molecule has 0 spiro atoms. The Labute approximate surface area is 375 Å². The van der Waals surface area contributed by atoms with Gasteiger partial charge in [0.2, 0.25) is 0 Å². The molecule has 1 aliphatic rings. The first kappa shape index (κ1) is 57.6. The maximum absolute atomic E-state index is 12.8. The Morgan fingerprint density at radius 3 is 1.53 bits per heavy atom. The number of carbonyl (C=O) groups is 1. The molecule has 358 valence electrons. The van der Waals surface area contributed by atoms with Crippen molar-refractivity contribution in [3.63, 3.8) is 0 Å². The second-order valence-electron chi connectivity index (χ2n) is 16.0. The van der Waals surface area contributed by atoms with Crippen LogP contribution >= 0.6 is 0 Å². The van der Waals surface area contributed by atoms with Gasteiger partial charge in [-0.1, -0.05) is 183 Å². The van der Waals surface area contributed by atoms with Gasteiger partial charge in [-0.25, -0.2) is 4.18 Å². The van der Waals surface area contributed by atoms with Crippen LogP contribution in [0.2, 0.25) is 0 Å². The topological polar surface area (TPSA) is 178 Å². The van der Waals surface area contributed by atoms with Crippen molar-refractivity contribution in [2.45, 2.75) is 205 Å². The molecule has 0 amide bonds. The molecular formula is C49H84O12S. The Morgan fingerprint density at radius 2 is 1.08 bits per heavy atom. The molecule has 6 unspecified atom stereocenters. The minimum Gasteiger partial charge on any atom is -0.457 e. The standard InChI is InChI=1S/C49H84O12S/c1-3-5-7-9-11-13-15-17-19-21-22-23-24-26-28-30-32-34-36-38-45(51)59-43(42-58-49-47(53)48(61-62(54,55)56)46(52)44(40-50)60-49)41-57-39-37-35-33-31-29-27-25-20-18-16-14-12-10-8-6-4-2/h5,7,11,13,17,19,22-23,26,28,32,34,43-44,46-50,52-53H,3-4,6,8-10,12,14-16,18,20-21,24-25,27,29-31,33,35-42H2,1-2H3,(H,54,55,56)/b7-5-,13-11-,19-17-,23-22-,28-26-,34-32-. The highest BCUT2D eigenvalue weighted by Crippen LogP contribution is 2.26. The highest BCUT2D eigenvalue weighted by Gasteiger charge is 2.48. The second-order valence-corrected chi connectivity index (χ2v) is 17.0. The summed E-state index contributed by atoms with van der Waals surface area (Å²) in [7, 11) is -5.07. The molecule has 13 heteroatoms. The summed E-state index contributed by atoms with van der Waals surface area (Å²) < 4.78 is 59.0. The molecule has 0 aromatic heterocycles. The van der Waals surface area contributed by atoms with Crippen molar-refractivity contribution in [2.75, 3.05) is 26.4 Å². The molecule has 0 aliphatic carbocycles. The molecule has 0 radical (unpaired) electrons. The third-order valence-corrected chi connectivity index (χ3v) is 10.8. The number of aliphatic hydroxyl groups is 3. The van der Waals surface area contributed by atoms with Gasteiger partial charge in [0, 0.05) is 13.0 Å². The van der Waals surface area contributed by atoms with E-state index in [1.54, 1.807) is 0 Å². The summed E-state index contributed by atoms with van der Waals surface area (Å²) >= 11 is 0.